The number of nitrogens with two attached hydrogens (primary N) is 2. The van der Waals surface area contributed by atoms with Gasteiger partial charge in [-0.3, -0.25) is 0 Å². The smallest absolute Gasteiger partial charge is 0.0433 e. The Morgan fingerprint density at radius 2 is 1.59 bits per heavy atom. The lowest BCUT2D eigenvalue weighted by Crippen LogP contribution is -2.08. The molecule has 0 aromatic heterocycles. The second-order valence-corrected chi connectivity index (χ2v) is 3.84. The van der Waals surface area contributed by atoms with Gasteiger partial charge in [-0.1, -0.05) is 30.3 Å². The van der Waals surface area contributed by atoms with Gasteiger partial charge in [-0.2, -0.15) is 0 Å². The minimum Gasteiger partial charge on any atom is -0.355 e. The molecule has 3 heteroatoms. The Kier molecular flexibility index (Phi) is 3.75. The molecule has 17 heavy (non-hydrogen) atoms. The first-order valence-corrected chi connectivity index (χ1v) is 5.68. The number of anilines is 2. The van der Waals surface area contributed by atoms with Crippen molar-refractivity contribution in [1.29, 1.82) is 0 Å². The lowest BCUT2D eigenvalue weighted by atomic mass is 10.1. The molecule has 0 aliphatic rings. The van der Waals surface area contributed by atoms with Gasteiger partial charge in [-0.05, 0) is 29.3 Å². The molecular formula is C14H17N3. The van der Waals surface area contributed by atoms with Gasteiger partial charge in [0.25, 0.3) is 0 Å². The van der Waals surface area contributed by atoms with Gasteiger partial charge in [0, 0.05) is 24.5 Å². The summed E-state index contributed by atoms with van der Waals surface area (Å²) >= 11 is 0. The van der Waals surface area contributed by atoms with Gasteiger partial charge in [0.05, 0.1) is 0 Å². The fourth-order valence-electron chi connectivity index (χ4n) is 1.86. The van der Waals surface area contributed by atoms with E-state index in [1.165, 1.54) is 0 Å². The van der Waals surface area contributed by atoms with Crippen molar-refractivity contribution in [2.45, 2.75) is 13.1 Å². The first-order chi connectivity index (χ1) is 8.35. The van der Waals surface area contributed by atoms with E-state index in [1.54, 1.807) is 0 Å². The van der Waals surface area contributed by atoms with Gasteiger partial charge < -0.3 is 16.8 Å². The summed E-state index contributed by atoms with van der Waals surface area (Å²) < 4.78 is 0. The maximum absolute atomic E-state index is 5.79. The quantitative estimate of drug-likeness (QED) is 0.751. The second kappa shape index (κ2) is 5.48. The highest BCUT2D eigenvalue weighted by atomic mass is 14.9. The Morgan fingerprint density at radius 1 is 0.824 bits per heavy atom. The molecule has 0 atom stereocenters. The average Bonchev–Trinajstić information content (AvgIpc) is 2.39. The minimum absolute atomic E-state index is 0.489. The fourth-order valence-corrected chi connectivity index (χ4v) is 1.86. The Labute approximate surface area is 101 Å². The summed E-state index contributed by atoms with van der Waals surface area (Å²) in [5.41, 5.74) is 15.7. The van der Waals surface area contributed by atoms with Crippen molar-refractivity contribution in [3.63, 3.8) is 0 Å². The summed E-state index contributed by atoms with van der Waals surface area (Å²) in [6.07, 6.45) is 0. The van der Waals surface area contributed by atoms with Crippen LogP contribution in [0.25, 0.3) is 0 Å². The fraction of sp³-hybridized carbons (Fsp3) is 0.143. The lowest BCUT2D eigenvalue weighted by Gasteiger charge is -2.14. The van der Waals surface area contributed by atoms with Crippen molar-refractivity contribution in [1.82, 2.24) is 0 Å². The third-order valence-electron chi connectivity index (χ3n) is 2.75. The molecule has 0 amide bonds. The topological polar surface area (TPSA) is 64.1 Å². The molecule has 0 aliphatic carbocycles. The molecule has 0 saturated heterocycles. The molecule has 5 N–H and O–H groups in total. The van der Waals surface area contributed by atoms with E-state index in [-0.39, 0.29) is 0 Å². The summed E-state index contributed by atoms with van der Waals surface area (Å²) in [4.78, 5) is 0. The zero-order valence-corrected chi connectivity index (χ0v) is 9.69. The SMILES string of the molecule is NCc1cccc(Nc2ccccc2)c1CN. The molecule has 0 spiro atoms. The first-order valence-electron chi connectivity index (χ1n) is 5.68. The summed E-state index contributed by atoms with van der Waals surface area (Å²) in [5, 5.41) is 3.36. The van der Waals surface area contributed by atoms with Crippen molar-refractivity contribution in [2.24, 2.45) is 11.5 Å². The number of hydrogen-bond donors (Lipinski definition) is 3. The molecule has 2 aromatic carbocycles. The van der Waals surface area contributed by atoms with Crippen LogP contribution in [0.4, 0.5) is 11.4 Å². The van der Waals surface area contributed by atoms with Crippen molar-refractivity contribution < 1.29 is 0 Å². The predicted octanol–water partition coefficient (Wildman–Crippen LogP) is 2.35. The van der Waals surface area contributed by atoms with E-state index in [2.05, 4.69) is 5.32 Å². The highest BCUT2D eigenvalue weighted by molar-refractivity contribution is 5.64. The summed E-state index contributed by atoms with van der Waals surface area (Å²) in [7, 11) is 0. The van der Waals surface area contributed by atoms with E-state index >= 15 is 0 Å². The van der Waals surface area contributed by atoms with Gasteiger partial charge in [-0.15, -0.1) is 0 Å². The number of nitrogens with one attached hydrogen (secondary N) is 1. The van der Waals surface area contributed by atoms with Crippen molar-refractivity contribution in [3.05, 3.63) is 59.7 Å². The molecule has 2 aromatic rings. The molecule has 0 aliphatic heterocycles. The Hall–Kier alpha value is -1.84. The second-order valence-electron chi connectivity index (χ2n) is 3.84. The van der Waals surface area contributed by atoms with E-state index in [1.807, 2.05) is 48.5 Å². The first kappa shape index (κ1) is 11.6. The molecule has 3 nitrogen and oxygen atoms in total. The molecule has 0 fully saturated rings. The number of benzene rings is 2. The standard InChI is InChI=1S/C14H17N3/c15-9-11-5-4-8-14(13(11)10-16)17-12-6-2-1-3-7-12/h1-8,17H,9-10,15-16H2. The zero-order chi connectivity index (χ0) is 12.1. The summed E-state index contributed by atoms with van der Waals surface area (Å²) in [5.74, 6) is 0. The summed E-state index contributed by atoms with van der Waals surface area (Å²) in [6, 6.07) is 16.1. The highest BCUT2D eigenvalue weighted by Crippen LogP contribution is 2.23. The number of hydrogen-bond acceptors (Lipinski definition) is 3. The van der Waals surface area contributed by atoms with E-state index in [9.17, 15) is 0 Å². The lowest BCUT2D eigenvalue weighted by molar-refractivity contribution is 0.982. The Morgan fingerprint density at radius 3 is 2.24 bits per heavy atom. The van der Waals surface area contributed by atoms with E-state index < -0.39 is 0 Å². The van der Waals surface area contributed by atoms with Crippen LogP contribution in [0, 0.1) is 0 Å². The van der Waals surface area contributed by atoms with Crippen LogP contribution < -0.4 is 16.8 Å². The van der Waals surface area contributed by atoms with E-state index in [0.717, 1.165) is 22.5 Å². The van der Waals surface area contributed by atoms with Crippen LogP contribution in [-0.4, -0.2) is 0 Å². The van der Waals surface area contributed by atoms with Crippen molar-refractivity contribution in [3.8, 4) is 0 Å². The molecular weight excluding hydrogens is 210 g/mol. The monoisotopic (exact) mass is 227 g/mol. The van der Waals surface area contributed by atoms with Gasteiger partial charge in [-0.25, -0.2) is 0 Å². The number of rotatable bonds is 4. The molecule has 0 radical (unpaired) electrons. The van der Waals surface area contributed by atoms with Crippen molar-refractivity contribution in [2.75, 3.05) is 5.32 Å². The van der Waals surface area contributed by atoms with Crippen LogP contribution in [0.3, 0.4) is 0 Å². The third-order valence-corrected chi connectivity index (χ3v) is 2.75. The van der Waals surface area contributed by atoms with Crippen LogP contribution in [-0.2, 0) is 13.1 Å². The van der Waals surface area contributed by atoms with Gasteiger partial charge >= 0.3 is 0 Å². The van der Waals surface area contributed by atoms with E-state index in [0.29, 0.717) is 13.1 Å². The molecule has 0 heterocycles. The molecule has 0 unspecified atom stereocenters. The maximum Gasteiger partial charge on any atom is 0.0433 e. The average molecular weight is 227 g/mol. The normalized spacial score (nSPS) is 10.2. The largest absolute Gasteiger partial charge is 0.355 e. The van der Waals surface area contributed by atoms with Crippen LogP contribution >= 0.6 is 0 Å². The minimum atomic E-state index is 0.489. The molecule has 88 valence electrons. The van der Waals surface area contributed by atoms with Gasteiger partial charge in [0.2, 0.25) is 0 Å². The molecule has 0 bridgehead atoms. The predicted molar refractivity (Wildman–Crippen MR) is 71.9 cm³/mol. The third kappa shape index (κ3) is 2.64. The Bertz CT molecular complexity index is 480. The maximum atomic E-state index is 5.79. The van der Waals surface area contributed by atoms with Gasteiger partial charge in [0.1, 0.15) is 0 Å². The van der Waals surface area contributed by atoms with Crippen LogP contribution in [0.2, 0.25) is 0 Å². The number of para-hydroxylation sites is 1. The highest BCUT2D eigenvalue weighted by Gasteiger charge is 2.05. The molecule has 0 saturated carbocycles. The van der Waals surface area contributed by atoms with Crippen LogP contribution in [0.15, 0.2) is 48.5 Å². The van der Waals surface area contributed by atoms with Crippen molar-refractivity contribution >= 4 is 11.4 Å². The zero-order valence-electron chi connectivity index (χ0n) is 9.69. The van der Waals surface area contributed by atoms with Crippen LogP contribution in [0.5, 0.6) is 0 Å². The van der Waals surface area contributed by atoms with E-state index in [4.69, 9.17) is 11.5 Å². The summed E-state index contributed by atoms with van der Waals surface area (Å²) in [6.45, 7) is 0.999. The van der Waals surface area contributed by atoms with Gasteiger partial charge in [0.15, 0.2) is 0 Å². The van der Waals surface area contributed by atoms with Crippen LogP contribution in [0.1, 0.15) is 11.1 Å². The Balaban J connectivity index is 2.33. The molecule has 2 rings (SSSR count).